The third kappa shape index (κ3) is 2.04. The molecule has 6 heteroatoms. The molecule has 0 aliphatic heterocycles. The molecular formula is C10H8ClN3O2. The molecule has 1 aromatic carbocycles. The van der Waals surface area contributed by atoms with Gasteiger partial charge in [-0.2, -0.15) is 0 Å². The quantitative estimate of drug-likeness (QED) is 0.777. The molecule has 0 atom stereocenters. The van der Waals surface area contributed by atoms with Gasteiger partial charge in [0.1, 0.15) is 5.82 Å². The maximum absolute atomic E-state index is 11.6. The number of benzene rings is 1. The fourth-order valence-electron chi connectivity index (χ4n) is 1.38. The molecule has 0 saturated carbocycles. The minimum atomic E-state index is -0.246. The van der Waals surface area contributed by atoms with E-state index in [1.165, 1.54) is 0 Å². The van der Waals surface area contributed by atoms with E-state index in [-0.39, 0.29) is 12.1 Å². The highest BCUT2D eigenvalue weighted by Crippen LogP contribution is 2.14. The zero-order chi connectivity index (χ0) is 11.5. The minimum absolute atomic E-state index is 0.182. The van der Waals surface area contributed by atoms with Crippen molar-refractivity contribution in [3.05, 3.63) is 39.4 Å². The van der Waals surface area contributed by atoms with Gasteiger partial charge in [0.2, 0.25) is 6.41 Å². The summed E-state index contributed by atoms with van der Waals surface area (Å²) in [6.07, 6.45) is 0.544. The second-order valence-corrected chi connectivity index (χ2v) is 3.61. The zero-order valence-corrected chi connectivity index (χ0v) is 8.91. The van der Waals surface area contributed by atoms with Gasteiger partial charge in [0.05, 0.1) is 17.4 Å². The Morgan fingerprint density at radius 3 is 3.06 bits per heavy atom. The molecular weight excluding hydrogens is 230 g/mol. The SMILES string of the molecule is O=CNCc1nc2cc(Cl)ccc2c(=O)[nH]1. The van der Waals surface area contributed by atoms with Gasteiger partial charge in [0.25, 0.3) is 5.56 Å². The Hall–Kier alpha value is -1.88. The van der Waals surface area contributed by atoms with Crippen LogP contribution in [0.3, 0.4) is 0 Å². The van der Waals surface area contributed by atoms with E-state index in [0.717, 1.165) is 0 Å². The van der Waals surface area contributed by atoms with Crippen LogP contribution in [0.15, 0.2) is 23.0 Å². The van der Waals surface area contributed by atoms with E-state index >= 15 is 0 Å². The number of fused-ring (bicyclic) bond motifs is 1. The molecule has 0 aliphatic rings. The van der Waals surface area contributed by atoms with Gasteiger partial charge in [-0.3, -0.25) is 9.59 Å². The van der Waals surface area contributed by atoms with Crippen LogP contribution in [-0.4, -0.2) is 16.4 Å². The summed E-state index contributed by atoms with van der Waals surface area (Å²) < 4.78 is 0. The van der Waals surface area contributed by atoms with Crippen LogP contribution < -0.4 is 10.9 Å². The zero-order valence-electron chi connectivity index (χ0n) is 8.16. The number of nitrogens with one attached hydrogen (secondary N) is 2. The first-order chi connectivity index (χ1) is 7.70. The average Bonchev–Trinajstić information content (AvgIpc) is 2.25. The molecule has 1 amide bonds. The summed E-state index contributed by atoms with van der Waals surface area (Å²) in [5, 5.41) is 3.41. The number of aromatic nitrogens is 2. The summed E-state index contributed by atoms with van der Waals surface area (Å²) in [5.74, 6) is 0.395. The Bertz CT molecular complexity index is 594. The van der Waals surface area contributed by atoms with Crippen LogP contribution in [0.4, 0.5) is 0 Å². The molecule has 0 bridgehead atoms. The van der Waals surface area contributed by atoms with Crippen molar-refractivity contribution < 1.29 is 4.79 Å². The van der Waals surface area contributed by atoms with Gasteiger partial charge >= 0.3 is 0 Å². The van der Waals surface area contributed by atoms with Crippen LogP contribution >= 0.6 is 11.6 Å². The maximum Gasteiger partial charge on any atom is 0.258 e. The second kappa shape index (κ2) is 4.32. The second-order valence-electron chi connectivity index (χ2n) is 3.17. The predicted molar refractivity (Wildman–Crippen MR) is 60.3 cm³/mol. The van der Waals surface area contributed by atoms with Gasteiger partial charge in [0, 0.05) is 5.02 Å². The number of aromatic amines is 1. The Kier molecular flexibility index (Phi) is 2.87. The van der Waals surface area contributed by atoms with Crippen molar-refractivity contribution in [1.82, 2.24) is 15.3 Å². The number of hydrogen-bond donors (Lipinski definition) is 2. The van der Waals surface area contributed by atoms with E-state index in [4.69, 9.17) is 11.6 Å². The van der Waals surface area contributed by atoms with Gasteiger partial charge in [-0.15, -0.1) is 0 Å². The number of rotatable bonds is 3. The monoisotopic (exact) mass is 237 g/mol. The van der Waals surface area contributed by atoms with Crippen molar-refractivity contribution in [2.45, 2.75) is 6.54 Å². The van der Waals surface area contributed by atoms with Crippen LogP contribution in [0, 0.1) is 0 Å². The molecule has 0 saturated heterocycles. The van der Waals surface area contributed by atoms with E-state index in [0.29, 0.717) is 28.2 Å². The molecule has 1 heterocycles. The van der Waals surface area contributed by atoms with Gasteiger partial charge < -0.3 is 10.3 Å². The molecule has 2 N–H and O–H groups in total. The number of hydrogen-bond acceptors (Lipinski definition) is 3. The molecule has 5 nitrogen and oxygen atoms in total. The first-order valence-electron chi connectivity index (χ1n) is 4.56. The first-order valence-corrected chi connectivity index (χ1v) is 4.94. The van der Waals surface area contributed by atoms with Gasteiger partial charge in [0.15, 0.2) is 0 Å². The number of carbonyl (C=O) groups excluding carboxylic acids is 1. The molecule has 2 rings (SSSR count). The fourth-order valence-corrected chi connectivity index (χ4v) is 1.55. The highest BCUT2D eigenvalue weighted by Gasteiger charge is 2.03. The molecule has 0 spiro atoms. The standard InChI is InChI=1S/C10H8ClN3O2/c11-6-1-2-7-8(3-6)13-9(4-12-5-15)14-10(7)16/h1-3,5H,4H2,(H,12,15)(H,13,14,16). The van der Waals surface area contributed by atoms with E-state index in [2.05, 4.69) is 15.3 Å². The molecule has 0 unspecified atom stereocenters. The predicted octanol–water partition coefficient (Wildman–Crippen LogP) is 0.822. The maximum atomic E-state index is 11.6. The summed E-state index contributed by atoms with van der Waals surface area (Å²) in [6, 6.07) is 4.85. The highest BCUT2D eigenvalue weighted by molar-refractivity contribution is 6.31. The number of nitrogens with zero attached hydrogens (tertiary/aromatic N) is 1. The number of halogens is 1. The molecule has 82 valence electrons. The Morgan fingerprint density at radius 2 is 2.31 bits per heavy atom. The highest BCUT2D eigenvalue weighted by atomic mass is 35.5. The number of carbonyl (C=O) groups is 1. The number of amides is 1. The van der Waals surface area contributed by atoms with Crippen LogP contribution in [0.2, 0.25) is 5.02 Å². The lowest BCUT2D eigenvalue weighted by atomic mass is 10.2. The average molecular weight is 238 g/mol. The molecule has 0 fully saturated rings. The smallest absolute Gasteiger partial charge is 0.258 e. The van der Waals surface area contributed by atoms with Crippen LogP contribution in [0.1, 0.15) is 5.82 Å². The van der Waals surface area contributed by atoms with Crippen molar-refractivity contribution in [2.75, 3.05) is 0 Å². The molecule has 2 aromatic rings. The third-order valence-corrected chi connectivity index (χ3v) is 2.31. The van der Waals surface area contributed by atoms with Gasteiger partial charge in [-0.1, -0.05) is 11.6 Å². The molecule has 0 radical (unpaired) electrons. The summed E-state index contributed by atoms with van der Waals surface area (Å²) in [7, 11) is 0. The van der Waals surface area contributed by atoms with Crippen molar-refractivity contribution >= 4 is 28.9 Å². The summed E-state index contributed by atoms with van der Waals surface area (Å²) in [6.45, 7) is 0.182. The lowest BCUT2D eigenvalue weighted by molar-refractivity contribution is -0.109. The topological polar surface area (TPSA) is 74.8 Å². The summed E-state index contributed by atoms with van der Waals surface area (Å²) >= 11 is 5.80. The Balaban J connectivity index is 2.56. The summed E-state index contributed by atoms with van der Waals surface area (Å²) in [4.78, 5) is 28.5. The Labute approximate surface area is 95.5 Å². The van der Waals surface area contributed by atoms with Crippen molar-refractivity contribution in [1.29, 1.82) is 0 Å². The van der Waals surface area contributed by atoms with E-state index in [1.54, 1.807) is 18.2 Å². The fraction of sp³-hybridized carbons (Fsp3) is 0.100. The van der Waals surface area contributed by atoms with Crippen LogP contribution in [-0.2, 0) is 11.3 Å². The summed E-state index contributed by atoms with van der Waals surface area (Å²) in [5.41, 5.74) is 0.267. The molecule has 16 heavy (non-hydrogen) atoms. The van der Waals surface area contributed by atoms with Gasteiger partial charge in [-0.25, -0.2) is 4.98 Å². The van der Waals surface area contributed by atoms with Crippen LogP contribution in [0.5, 0.6) is 0 Å². The minimum Gasteiger partial charge on any atom is -0.351 e. The van der Waals surface area contributed by atoms with Crippen LogP contribution in [0.25, 0.3) is 10.9 Å². The first kappa shape index (κ1) is 10.6. The van der Waals surface area contributed by atoms with Crippen molar-refractivity contribution in [3.63, 3.8) is 0 Å². The largest absolute Gasteiger partial charge is 0.351 e. The normalized spacial score (nSPS) is 10.3. The number of H-pyrrole nitrogens is 1. The Morgan fingerprint density at radius 1 is 1.50 bits per heavy atom. The van der Waals surface area contributed by atoms with E-state index < -0.39 is 0 Å². The molecule has 0 aliphatic carbocycles. The van der Waals surface area contributed by atoms with Gasteiger partial charge in [-0.05, 0) is 18.2 Å². The lowest BCUT2D eigenvalue weighted by Crippen LogP contribution is -2.18. The van der Waals surface area contributed by atoms with E-state index in [1.807, 2.05) is 0 Å². The lowest BCUT2D eigenvalue weighted by Gasteiger charge is -2.02. The van der Waals surface area contributed by atoms with Crippen molar-refractivity contribution in [2.24, 2.45) is 0 Å². The van der Waals surface area contributed by atoms with Crippen molar-refractivity contribution in [3.8, 4) is 0 Å². The molecule has 1 aromatic heterocycles. The van der Waals surface area contributed by atoms with E-state index in [9.17, 15) is 9.59 Å². The third-order valence-electron chi connectivity index (χ3n) is 2.07.